The molecule has 0 radical (unpaired) electrons. The van der Waals surface area contributed by atoms with Crippen LogP contribution in [-0.4, -0.2) is 37.7 Å². The number of nitrogens with one attached hydrogen (secondary N) is 3. The van der Waals surface area contributed by atoms with Gasteiger partial charge in [-0.15, -0.1) is 0 Å². The molecule has 28 heavy (non-hydrogen) atoms. The van der Waals surface area contributed by atoms with Crippen molar-refractivity contribution < 1.29 is 19.1 Å². The van der Waals surface area contributed by atoms with Crippen LogP contribution in [0.15, 0.2) is 54.6 Å². The van der Waals surface area contributed by atoms with Crippen molar-refractivity contribution in [1.29, 1.82) is 0 Å². The first-order valence-corrected chi connectivity index (χ1v) is 9.29. The topological polar surface area (TPSA) is 88.7 Å². The zero-order valence-electron chi connectivity index (χ0n) is 15.8. The van der Waals surface area contributed by atoms with Crippen LogP contribution in [0.2, 0.25) is 0 Å². The maximum atomic E-state index is 11.9. The van der Waals surface area contributed by atoms with Crippen LogP contribution in [0.3, 0.4) is 0 Å². The minimum Gasteiger partial charge on any atom is -0.484 e. The summed E-state index contributed by atoms with van der Waals surface area (Å²) < 4.78 is 10.7. The fourth-order valence-corrected chi connectivity index (χ4v) is 2.92. The predicted molar refractivity (Wildman–Crippen MR) is 106 cm³/mol. The van der Waals surface area contributed by atoms with E-state index in [2.05, 4.69) is 16.0 Å². The molecular weight excluding hydrogens is 358 g/mol. The first-order valence-electron chi connectivity index (χ1n) is 9.29. The molecule has 7 heteroatoms. The van der Waals surface area contributed by atoms with Crippen molar-refractivity contribution in [1.82, 2.24) is 10.6 Å². The molecule has 0 saturated heterocycles. The standard InChI is InChI=1S/C21H25N3O4/c1-22-20(25)14-27-19-9-5-8-16(12-19)23-17-10-18(11-17)24-21(26)28-13-15-6-3-2-4-7-15/h2-9,12,17-18,23H,10-11,13-14H2,1H3,(H,22,25)(H,24,26). The predicted octanol–water partition coefficient (Wildman–Crippen LogP) is 2.68. The van der Waals surface area contributed by atoms with Gasteiger partial charge in [0, 0.05) is 30.9 Å². The molecule has 1 saturated carbocycles. The number of benzene rings is 2. The van der Waals surface area contributed by atoms with Crippen molar-refractivity contribution in [3.8, 4) is 5.75 Å². The molecule has 7 nitrogen and oxygen atoms in total. The normalized spacial score (nSPS) is 17.8. The second-order valence-electron chi connectivity index (χ2n) is 6.71. The number of hydrogen-bond donors (Lipinski definition) is 3. The third kappa shape index (κ3) is 5.90. The molecule has 0 spiro atoms. The smallest absolute Gasteiger partial charge is 0.407 e. The molecule has 2 aromatic rings. The summed E-state index contributed by atoms with van der Waals surface area (Å²) in [6, 6.07) is 17.5. The number of amides is 2. The van der Waals surface area contributed by atoms with Crippen LogP contribution in [-0.2, 0) is 16.1 Å². The number of hydrogen-bond acceptors (Lipinski definition) is 5. The molecule has 3 N–H and O–H groups in total. The second kappa shape index (κ2) is 9.64. The van der Waals surface area contributed by atoms with Gasteiger partial charge in [-0.2, -0.15) is 0 Å². The molecule has 1 aliphatic rings. The average molecular weight is 383 g/mol. The number of alkyl carbamates (subject to hydrolysis) is 1. The second-order valence-corrected chi connectivity index (χ2v) is 6.71. The molecule has 2 amide bonds. The van der Waals surface area contributed by atoms with Crippen LogP contribution in [0.4, 0.5) is 10.5 Å². The summed E-state index contributed by atoms with van der Waals surface area (Å²) in [7, 11) is 1.57. The van der Waals surface area contributed by atoms with E-state index < -0.39 is 6.09 Å². The van der Waals surface area contributed by atoms with Gasteiger partial charge >= 0.3 is 6.09 Å². The van der Waals surface area contributed by atoms with Gasteiger partial charge in [0.2, 0.25) is 0 Å². The van der Waals surface area contributed by atoms with Gasteiger partial charge in [-0.05, 0) is 30.5 Å². The third-order valence-corrected chi connectivity index (χ3v) is 4.53. The summed E-state index contributed by atoms with van der Waals surface area (Å²) >= 11 is 0. The maximum Gasteiger partial charge on any atom is 0.407 e. The first kappa shape index (κ1) is 19.5. The summed E-state index contributed by atoms with van der Waals surface area (Å²) in [5, 5.41) is 8.81. The number of anilines is 1. The van der Waals surface area contributed by atoms with Gasteiger partial charge in [0.15, 0.2) is 6.61 Å². The van der Waals surface area contributed by atoms with Crippen LogP contribution < -0.4 is 20.7 Å². The van der Waals surface area contributed by atoms with Crippen LogP contribution >= 0.6 is 0 Å². The third-order valence-electron chi connectivity index (χ3n) is 4.53. The van der Waals surface area contributed by atoms with E-state index in [-0.39, 0.29) is 31.2 Å². The SMILES string of the molecule is CNC(=O)COc1cccc(NC2CC(NC(=O)OCc3ccccc3)C2)c1. The highest BCUT2D eigenvalue weighted by Gasteiger charge is 2.30. The Labute approximate surface area is 164 Å². The Bertz CT molecular complexity index is 791. The molecule has 2 aromatic carbocycles. The van der Waals surface area contributed by atoms with Crippen molar-refractivity contribution >= 4 is 17.7 Å². The van der Waals surface area contributed by atoms with Gasteiger partial charge in [-0.1, -0.05) is 36.4 Å². The lowest BCUT2D eigenvalue weighted by molar-refractivity contribution is -0.122. The van der Waals surface area contributed by atoms with Crippen molar-refractivity contribution in [2.45, 2.75) is 31.5 Å². The first-order chi connectivity index (χ1) is 13.6. The number of likely N-dealkylation sites (N-methyl/N-ethyl adjacent to an activating group) is 1. The Morgan fingerprint density at radius 1 is 1.04 bits per heavy atom. The lowest BCUT2D eigenvalue weighted by atomic mass is 9.86. The fourth-order valence-electron chi connectivity index (χ4n) is 2.92. The lowest BCUT2D eigenvalue weighted by Crippen LogP contribution is -2.49. The van der Waals surface area contributed by atoms with E-state index in [0.29, 0.717) is 5.75 Å². The van der Waals surface area contributed by atoms with E-state index >= 15 is 0 Å². The Morgan fingerprint density at radius 3 is 2.57 bits per heavy atom. The molecule has 3 rings (SSSR count). The molecule has 0 atom stereocenters. The van der Waals surface area contributed by atoms with Gasteiger partial charge in [-0.25, -0.2) is 4.79 Å². The molecule has 0 aliphatic heterocycles. The average Bonchev–Trinajstić information content (AvgIpc) is 2.70. The zero-order valence-corrected chi connectivity index (χ0v) is 15.8. The van der Waals surface area contributed by atoms with Gasteiger partial charge in [-0.3, -0.25) is 4.79 Å². The van der Waals surface area contributed by atoms with Gasteiger partial charge in [0.1, 0.15) is 12.4 Å². The Hall–Kier alpha value is -3.22. The van der Waals surface area contributed by atoms with Crippen molar-refractivity contribution in [2.75, 3.05) is 19.0 Å². The lowest BCUT2D eigenvalue weighted by Gasteiger charge is -2.36. The molecule has 1 aliphatic carbocycles. The largest absolute Gasteiger partial charge is 0.484 e. The molecule has 0 heterocycles. The number of carbonyl (C=O) groups excluding carboxylic acids is 2. The summed E-state index contributed by atoms with van der Waals surface area (Å²) in [4.78, 5) is 23.1. The molecule has 148 valence electrons. The van der Waals surface area contributed by atoms with E-state index in [4.69, 9.17) is 9.47 Å². The molecule has 0 unspecified atom stereocenters. The molecule has 1 fully saturated rings. The summed E-state index contributed by atoms with van der Waals surface area (Å²) in [6.07, 6.45) is 1.25. The molecular formula is C21H25N3O4. The Kier molecular flexibility index (Phi) is 6.73. The quantitative estimate of drug-likeness (QED) is 0.652. The van der Waals surface area contributed by atoms with E-state index in [1.165, 1.54) is 0 Å². The summed E-state index contributed by atoms with van der Waals surface area (Å²) in [5.74, 6) is 0.456. The van der Waals surface area contributed by atoms with E-state index in [0.717, 1.165) is 24.1 Å². The number of rotatable bonds is 8. The van der Waals surface area contributed by atoms with Crippen LogP contribution in [0.5, 0.6) is 5.75 Å². The Balaban J connectivity index is 1.36. The minimum atomic E-state index is -0.392. The van der Waals surface area contributed by atoms with E-state index in [1.807, 2.05) is 54.6 Å². The summed E-state index contributed by atoms with van der Waals surface area (Å²) in [5.41, 5.74) is 1.88. The molecule has 0 aromatic heterocycles. The Morgan fingerprint density at radius 2 is 1.82 bits per heavy atom. The fraction of sp³-hybridized carbons (Fsp3) is 0.333. The van der Waals surface area contributed by atoms with Crippen molar-refractivity contribution in [3.63, 3.8) is 0 Å². The number of ether oxygens (including phenoxy) is 2. The van der Waals surface area contributed by atoms with Crippen LogP contribution in [0.25, 0.3) is 0 Å². The van der Waals surface area contributed by atoms with Crippen LogP contribution in [0.1, 0.15) is 18.4 Å². The highest BCUT2D eigenvalue weighted by molar-refractivity contribution is 5.77. The van der Waals surface area contributed by atoms with Crippen LogP contribution in [0, 0.1) is 0 Å². The van der Waals surface area contributed by atoms with Crippen molar-refractivity contribution in [2.24, 2.45) is 0 Å². The maximum absolute atomic E-state index is 11.9. The minimum absolute atomic E-state index is 0.0134. The van der Waals surface area contributed by atoms with E-state index in [1.54, 1.807) is 7.05 Å². The van der Waals surface area contributed by atoms with Gasteiger partial charge in [0.05, 0.1) is 0 Å². The zero-order chi connectivity index (χ0) is 19.8. The van der Waals surface area contributed by atoms with E-state index in [9.17, 15) is 9.59 Å². The highest BCUT2D eigenvalue weighted by atomic mass is 16.5. The van der Waals surface area contributed by atoms with Crippen molar-refractivity contribution in [3.05, 3.63) is 60.2 Å². The number of carbonyl (C=O) groups is 2. The highest BCUT2D eigenvalue weighted by Crippen LogP contribution is 2.26. The van der Waals surface area contributed by atoms with Gasteiger partial charge in [0.25, 0.3) is 5.91 Å². The monoisotopic (exact) mass is 383 g/mol. The van der Waals surface area contributed by atoms with Gasteiger partial charge < -0.3 is 25.4 Å². The molecule has 0 bridgehead atoms. The summed E-state index contributed by atoms with van der Waals surface area (Å²) in [6.45, 7) is 0.254.